The van der Waals surface area contributed by atoms with Crippen molar-refractivity contribution < 1.29 is 14.3 Å². The lowest BCUT2D eigenvalue weighted by molar-refractivity contribution is -0.122. The van der Waals surface area contributed by atoms with Crippen LogP contribution >= 0.6 is 0 Å². The van der Waals surface area contributed by atoms with Gasteiger partial charge in [-0.25, -0.2) is 4.90 Å². The number of imide groups is 1. The van der Waals surface area contributed by atoms with E-state index in [0.29, 0.717) is 17.9 Å². The lowest BCUT2D eigenvalue weighted by Gasteiger charge is -2.22. The minimum absolute atomic E-state index is 0.102. The molecule has 1 aliphatic carbocycles. The summed E-state index contributed by atoms with van der Waals surface area (Å²) in [6, 6.07) is 7.15. The van der Waals surface area contributed by atoms with Crippen molar-refractivity contribution in [2.24, 2.45) is 17.8 Å². The van der Waals surface area contributed by atoms with Crippen molar-refractivity contribution >= 4 is 17.5 Å². The molecule has 1 fully saturated rings. The smallest absolute Gasteiger partial charge is 0.238 e. The summed E-state index contributed by atoms with van der Waals surface area (Å²) in [7, 11) is 1.54. The van der Waals surface area contributed by atoms with Gasteiger partial charge < -0.3 is 4.74 Å². The number of rotatable bonds is 2. The SMILES string of the molecule is COc1ccccc1N1C(=O)[C@@H]2[C@H](C)C=CC[C@H]2C1=O. The van der Waals surface area contributed by atoms with Gasteiger partial charge in [0, 0.05) is 0 Å². The molecule has 20 heavy (non-hydrogen) atoms. The van der Waals surface area contributed by atoms with Gasteiger partial charge in [-0.1, -0.05) is 31.2 Å². The Bertz CT molecular complexity index is 593. The highest BCUT2D eigenvalue weighted by atomic mass is 16.5. The Hall–Kier alpha value is -2.10. The summed E-state index contributed by atoms with van der Waals surface area (Å²) in [6.45, 7) is 1.99. The molecule has 4 heteroatoms. The van der Waals surface area contributed by atoms with Gasteiger partial charge in [-0.3, -0.25) is 9.59 Å². The average Bonchev–Trinajstić information content (AvgIpc) is 2.72. The molecule has 0 saturated carbocycles. The Balaban J connectivity index is 2.04. The van der Waals surface area contributed by atoms with Crippen LogP contribution in [0.3, 0.4) is 0 Å². The minimum atomic E-state index is -0.239. The molecule has 3 atom stereocenters. The van der Waals surface area contributed by atoms with Crippen LogP contribution in [0.2, 0.25) is 0 Å². The van der Waals surface area contributed by atoms with Crippen molar-refractivity contribution in [2.45, 2.75) is 13.3 Å². The van der Waals surface area contributed by atoms with Crippen LogP contribution in [0.25, 0.3) is 0 Å². The number of nitrogens with zero attached hydrogens (tertiary/aromatic N) is 1. The second-order valence-electron chi connectivity index (χ2n) is 5.34. The second kappa shape index (κ2) is 4.78. The highest BCUT2D eigenvalue weighted by molar-refractivity contribution is 6.23. The number of hydrogen-bond acceptors (Lipinski definition) is 3. The van der Waals surface area contributed by atoms with Gasteiger partial charge in [0.2, 0.25) is 11.8 Å². The van der Waals surface area contributed by atoms with E-state index in [0.717, 1.165) is 0 Å². The molecule has 0 spiro atoms. The number of para-hydroxylation sites is 2. The van der Waals surface area contributed by atoms with Crippen LogP contribution in [-0.2, 0) is 9.59 Å². The van der Waals surface area contributed by atoms with E-state index in [4.69, 9.17) is 4.74 Å². The van der Waals surface area contributed by atoms with Gasteiger partial charge in [-0.2, -0.15) is 0 Å². The minimum Gasteiger partial charge on any atom is -0.495 e. The van der Waals surface area contributed by atoms with E-state index >= 15 is 0 Å². The maximum absolute atomic E-state index is 12.6. The highest BCUT2D eigenvalue weighted by Gasteiger charge is 2.50. The fourth-order valence-electron chi connectivity index (χ4n) is 3.20. The molecule has 0 radical (unpaired) electrons. The molecule has 3 rings (SSSR count). The zero-order chi connectivity index (χ0) is 14.3. The van der Waals surface area contributed by atoms with E-state index in [1.807, 2.05) is 31.2 Å². The van der Waals surface area contributed by atoms with Crippen LogP contribution in [0, 0.1) is 17.8 Å². The normalized spacial score (nSPS) is 28.7. The molecule has 1 heterocycles. The van der Waals surface area contributed by atoms with E-state index in [2.05, 4.69) is 0 Å². The number of carbonyl (C=O) groups is 2. The highest BCUT2D eigenvalue weighted by Crippen LogP contribution is 2.42. The maximum atomic E-state index is 12.6. The third-order valence-corrected chi connectivity index (χ3v) is 4.20. The number of benzene rings is 1. The van der Waals surface area contributed by atoms with Crippen molar-refractivity contribution in [1.82, 2.24) is 0 Å². The summed E-state index contributed by atoms with van der Waals surface area (Å²) in [5, 5.41) is 0. The fourth-order valence-corrected chi connectivity index (χ4v) is 3.20. The van der Waals surface area contributed by atoms with E-state index < -0.39 is 0 Å². The first-order valence-electron chi connectivity index (χ1n) is 6.82. The molecule has 104 valence electrons. The zero-order valence-electron chi connectivity index (χ0n) is 11.6. The molecule has 1 saturated heterocycles. The third kappa shape index (κ3) is 1.75. The Kier molecular flexibility index (Phi) is 3.08. The molecule has 0 N–H and O–H groups in total. The maximum Gasteiger partial charge on any atom is 0.238 e. The van der Waals surface area contributed by atoms with Crippen LogP contribution in [0.15, 0.2) is 36.4 Å². The molecule has 0 aromatic heterocycles. The molecule has 0 bridgehead atoms. The second-order valence-corrected chi connectivity index (χ2v) is 5.34. The number of hydrogen-bond donors (Lipinski definition) is 0. The number of methoxy groups -OCH3 is 1. The quantitative estimate of drug-likeness (QED) is 0.613. The van der Waals surface area contributed by atoms with E-state index in [1.165, 1.54) is 4.90 Å². The number of fused-ring (bicyclic) bond motifs is 1. The first kappa shape index (κ1) is 12.9. The van der Waals surface area contributed by atoms with Crippen LogP contribution in [0.1, 0.15) is 13.3 Å². The topological polar surface area (TPSA) is 46.6 Å². The summed E-state index contributed by atoms with van der Waals surface area (Å²) in [4.78, 5) is 26.5. The zero-order valence-corrected chi connectivity index (χ0v) is 11.6. The predicted octanol–water partition coefficient (Wildman–Crippen LogP) is 2.40. The molecule has 0 unspecified atom stereocenters. The summed E-state index contributed by atoms with van der Waals surface area (Å²) >= 11 is 0. The molecule has 1 aromatic rings. The monoisotopic (exact) mass is 271 g/mol. The van der Waals surface area contributed by atoms with E-state index in [9.17, 15) is 9.59 Å². The van der Waals surface area contributed by atoms with Crippen molar-refractivity contribution in [3.8, 4) is 5.75 Å². The Morgan fingerprint density at radius 3 is 2.65 bits per heavy atom. The molecular formula is C16H17NO3. The van der Waals surface area contributed by atoms with Crippen molar-refractivity contribution in [3.05, 3.63) is 36.4 Å². The number of ether oxygens (including phenoxy) is 1. The number of carbonyl (C=O) groups excluding carboxylic acids is 2. The number of anilines is 1. The number of allylic oxidation sites excluding steroid dienone is 2. The van der Waals surface area contributed by atoms with E-state index in [1.54, 1.807) is 19.2 Å². The van der Waals surface area contributed by atoms with Crippen LogP contribution < -0.4 is 9.64 Å². The van der Waals surface area contributed by atoms with Gasteiger partial charge in [0.25, 0.3) is 0 Å². The first-order valence-corrected chi connectivity index (χ1v) is 6.82. The van der Waals surface area contributed by atoms with Crippen LogP contribution in [0.5, 0.6) is 5.75 Å². The van der Waals surface area contributed by atoms with Crippen molar-refractivity contribution in [1.29, 1.82) is 0 Å². The Morgan fingerprint density at radius 2 is 1.95 bits per heavy atom. The standard InChI is InChI=1S/C16H17NO3/c1-10-6-5-7-11-14(10)16(19)17(15(11)18)12-8-3-4-9-13(12)20-2/h3-6,8-11,14H,7H2,1-2H3/t10-,11-,14-/m1/s1. The summed E-state index contributed by atoms with van der Waals surface area (Å²) in [5.41, 5.74) is 0.548. The van der Waals surface area contributed by atoms with Crippen LogP contribution in [-0.4, -0.2) is 18.9 Å². The molecular weight excluding hydrogens is 254 g/mol. The lowest BCUT2D eigenvalue weighted by Crippen LogP contribution is -2.31. The third-order valence-electron chi connectivity index (χ3n) is 4.20. The molecule has 1 aliphatic heterocycles. The van der Waals surface area contributed by atoms with Crippen LogP contribution in [0.4, 0.5) is 5.69 Å². The van der Waals surface area contributed by atoms with Gasteiger partial charge in [0.15, 0.2) is 0 Å². The van der Waals surface area contributed by atoms with E-state index in [-0.39, 0.29) is 29.6 Å². The van der Waals surface area contributed by atoms with Crippen molar-refractivity contribution in [2.75, 3.05) is 12.0 Å². The molecule has 4 nitrogen and oxygen atoms in total. The average molecular weight is 271 g/mol. The summed E-state index contributed by atoms with van der Waals surface area (Å²) < 4.78 is 5.27. The summed E-state index contributed by atoms with van der Waals surface area (Å²) in [6.07, 6.45) is 4.67. The Morgan fingerprint density at radius 1 is 1.20 bits per heavy atom. The Labute approximate surface area is 118 Å². The largest absolute Gasteiger partial charge is 0.495 e. The molecule has 1 aromatic carbocycles. The van der Waals surface area contributed by atoms with Crippen molar-refractivity contribution in [3.63, 3.8) is 0 Å². The van der Waals surface area contributed by atoms with Gasteiger partial charge in [0.05, 0.1) is 24.6 Å². The lowest BCUT2D eigenvalue weighted by atomic mass is 9.78. The van der Waals surface area contributed by atoms with Gasteiger partial charge in [-0.15, -0.1) is 0 Å². The fraction of sp³-hybridized carbons (Fsp3) is 0.375. The number of amides is 2. The molecule has 2 aliphatic rings. The van der Waals surface area contributed by atoms with Gasteiger partial charge in [0.1, 0.15) is 5.75 Å². The van der Waals surface area contributed by atoms with Gasteiger partial charge >= 0.3 is 0 Å². The summed E-state index contributed by atoms with van der Waals surface area (Å²) in [5.74, 6) is -0.0368. The van der Waals surface area contributed by atoms with Gasteiger partial charge in [-0.05, 0) is 24.5 Å². The molecule has 2 amide bonds. The first-order chi connectivity index (χ1) is 9.65. The predicted molar refractivity (Wildman–Crippen MR) is 75.4 cm³/mol.